The Morgan fingerprint density at radius 2 is 2.12 bits per heavy atom. The van der Waals surface area contributed by atoms with Crippen molar-refractivity contribution in [2.45, 2.75) is 11.4 Å². The minimum Gasteiger partial charge on any atom is -0.326 e. The van der Waals surface area contributed by atoms with Crippen LogP contribution in [0.1, 0.15) is 5.56 Å². The first-order valence-corrected chi connectivity index (χ1v) is 8.55. The minimum atomic E-state index is -2.88. The van der Waals surface area contributed by atoms with Gasteiger partial charge in [-0.25, -0.2) is 8.42 Å². The van der Waals surface area contributed by atoms with E-state index in [0.717, 1.165) is 14.9 Å². The molecule has 0 bridgehead atoms. The Balaban J connectivity index is 2.61. The second kappa shape index (κ2) is 6.05. The molecule has 1 rings (SSSR count). The van der Waals surface area contributed by atoms with Crippen LogP contribution in [0.4, 0.5) is 0 Å². The quantitative estimate of drug-likeness (QED) is 0.842. The van der Waals surface area contributed by atoms with Gasteiger partial charge in [0, 0.05) is 27.9 Å². The summed E-state index contributed by atoms with van der Waals surface area (Å²) in [6.45, 7) is 0.507. The van der Waals surface area contributed by atoms with E-state index in [4.69, 9.17) is 5.73 Å². The van der Waals surface area contributed by atoms with Gasteiger partial charge in [-0.2, -0.15) is 0 Å². The number of benzene rings is 1. The summed E-state index contributed by atoms with van der Waals surface area (Å²) in [7, 11) is -2.88. The molecule has 0 spiro atoms. The summed E-state index contributed by atoms with van der Waals surface area (Å²) in [5, 5.41) is 0. The standard InChI is InChI=1S/C10H14BrNO2S2/c1-16(13,14)5-4-15-10-3-2-8(7-12)6-9(10)11/h2-3,6H,4-5,7,12H2,1H3. The molecule has 3 nitrogen and oxygen atoms in total. The predicted molar refractivity (Wildman–Crippen MR) is 72.5 cm³/mol. The Hall–Kier alpha value is -0.0400. The van der Waals surface area contributed by atoms with Crippen LogP contribution in [0.15, 0.2) is 27.6 Å². The lowest BCUT2D eigenvalue weighted by Crippen LogP contribution is -2.05. The summed E-state index contributed by atoms with van der Waals surface area (Å²) in [4.78, 5) is 1.04. The zero-order valence-electron chi connectivity index (χ0n) is 8.94. The highest BCUT2D eigenvalue weighted by atomic mass is 79.9. The zero-order valence-corrected chi connectivity index (χ0v) is 12.2. The molecule has 0 radical (unpaired) electrons. The monoisotopic (exact) mass is 323 g/mol. The molecule has 1 aromatic rings. The van der Waals surface area contributed by atoms with E-state index >= 15 is 0 Å². The van der Waals surface area contributed by atoms with Crippen LogP contribution in [0.5, 0.6) is 0 Å². The molecule has 90 valence electrons. The lowest BCUT2D eigenvalue weighted by molar-refractivity contribution is 0.603. The van der Waals surface area contributed by atoms with Crippen molar-refractivity contribution in [3.8, 4) is 0 Å². The molecule has 0 heterocycles. The van der Waals surface area contributed by atoms with E-state index < -0.39 is 9.84 Å². The smallest absolute Gasteiger partial charge is 0.148 e. The molecule has 0 fully saturated rings. The second-order valence-electron chi connectivity index (χ2n) is 3.45. The number of halogens is 1. The van der Waals surface area contributed by atoms with Gasteiger partial charge in [-0.15, -0.1) is 11.8 Å². The molecule has 0 atom stereocenters. The number of hydrogen-bond acceptors (Lipinski definition) is 4. The van der Waals surface area contributed by atoms with Crippen LogP contribution >= 0.6 is 27.7 Å². The van der Waals surface area contributed by atoms with Gasteiger partial charge in [-0.05, 0) is 33.6 Å². The molecule has 0 unspecified atom stereocenters. The maximum absolute atomic E-state index is 11.0. The van der Waals surface area contributed by atoms with Gasteiger partial charge in [0.15, 0.2) is 0 Å². The van der Waals surface area contributed by atoms with Crippen LogP contribution < -0.4 is 5.73 Å². The van der Waals surface area contributed by atoms with Gasteiger partial charge in [0.25, 0.3) is 0 Å². The first kappa shape index (κ1) is 14.0. The maximum Gasteiger partial charge on any atom is 0.148 e. The molecule has 0 saturated carbocycles. The number of nitrogens with two attached hydrogens (primary N) is 1. The van der Waals surface area contributed by atoms with Crippen molar-refractivity contribution in [3.05, 3.63) is 28.2 Å². The van der Waals surface area contributed by atoms with E-state index in [1.54, 1.807) is 0 Å². The van der Waals surface area contributed by atoms with Crippen molar-refractivity contribution in [1.82, 2.24) is 0 Å². The van der Waals surface area contributed by atoms with Crippen molar-refractivity contribution in [2.24, 2.45) is 5.73 Å². The van der Waals surface area contributed by atoms with Crippen LogP contribution in [0.2, 0.25) is 0 Å². The lowest BCUT2D eigenvalue weighted by Gasteiger charge is -2.05. The van der Waals surface area contributed by atoms with E-state index in [1.165, 1.54) is 18.0 Å². The van der Waals surface area contributed by atoms with E-state index in [-0.39, 0.29) is 5.75 Å². The van der Waals surface area contributed by atoms with Gasteiger partial charge < -0.3 is 5.73 Å². The Kier molecular flexibility index (Phi) is 5.30. The fourth-order valence-electron chi connectivity index (χ4n) is 1.09. The van der Waals surface area contributed by atoms with Crippen molar-refractivity contribution in [3.63, 3.8) is 0 Å². The first-order chi connectivity index (χ1) is 7.42. The lowest BCUT2D eigenvalue weighted by atomic mass is 10.2. The van der Waals surface area contributed by atoms with E-state index in [1.807, 2.05) is 18.2 Å². The van der Waals surface area contributed by atoms with Crippen LogP contribution in [0.3, 0.4) is 0 Å². The van der Waals surface area contributed by atoms with Crippen molar-refractivity contribution in [2.75, 3.05) is 17.8 Å². The predicted octanol–water partition coefficient (Wildman–Crippen LogP) is 2.04. The normalized spacial score (nSPS) is 11.7. The SMILES string of the molecule is CS(=O)(=O)CCSc1ccc(CN)cc1Br. The number of sulfone groups is 1. The Morgan fingerprint density at radius 1 is 1.44 bits per heavy atom. The molecule has 6 heteroatoms. The van der Waals surface area contributed by atoms with Crippen LogP contribution in [-0.4, -0.2) is 26.2 Å². The third kappa shape index (κ3) is 4.86. The summed E-state index contributed by atoms with van der Waals surface area (Å²) in [5.41, 5.74) is 6.57. The number of rotatable bonds is 5. The Bertz CT molecular complexity index is 460. The average Bonchev–Trinajstić information content (AvgIpc) is 2.18. The Morgan fingerprint density at radius 3 is 2.62 bits per heavy atom. The second-order valence-corrected chi connectivity index (χ2v) is 7.70. The molecular formula is C10H14BrNO2S2. The van der Waals surface area contributed by atoms with Gasteiger partial charge in [0.2, 0.25) is 0 Å². The van der Waals surface area contributed by atoms with Crippen LogP contribution in [-0.2, 0) is 16.4 Å². The minimum absolute atomic E-state index is 0.197. The van der Waals surface area contributed by atoms with E-state index in [0.29, 0.717) is 12.3 Å². The fraction of sp³-hybridized carbons (Fsp3) is 0.400. The van der Waals surface area contributed by atoms with Crippen molar-refractivity contribution in [1.29, 1.82) is 0 Å². The number of thioether (sulfide) groups is 1. The van der Waals surface area contributed by atoms with Gasteiger partial charge in [0.05, 0.1) is 5.75 Å². The number of hydrogen-bond donors (Lipinski definition) is 1. The summed E-state index contributed by atoms with van der Waals surface area (Å²) in [5.74, 6) is 0.766. The van der Waals surface area contributed by atoms with Crippen molar-refractivity contribution < 1.29 is 8.42 Å². The van der Waals surface area contributed by atoms with Gasteiger partial charge >= 0.3 is 0 Å². The van der Waals surface area contributed by atoms with Gasteiger partial charge in [-0.3, -0.25) is 0 Å². The summed E-state index contributed by atoms with van der Waals surface area (Å²) in [6.07, 6.45) is 1.25. The highest BCUT2D eigenvalue weighted by Crippen LogP contribution is 2.28. The molecular weight excluding hydrogens is 310 g/mol. The summed E-state index contributed by atoms with van der Waals surface area (Å²) >= 11 is 4.97. The molecule has 0 amide bonds. The molecule has 1 aromatic carbocycles. The van der Waals surface area contributed by atoms with Gasteiger partial charge in [0.1, 0.15) is 9.84 Å². The third-order valence-electron chi connectivity index (χ3n) is 1.94. The molecule has 0 aliphatic rings. The summed E-state index contributed by atoms with van der Waals surface area (Å²) < 4.78 is 22.9. The fourth-order valence-corrected chi connectivity index (χ4v) is 3.99. The Labute approximate surface area is 109 Å². The van der Waals surface area contributed by atoms with E-state index in [9.17, 15) is 8.42 Å². The molecule has 16 heavy (non-hydrogen) atoms. The maximum atomic E-state index is 11.0. The largest absolute Gasteiger partial charge is 0.326 e. The zero-order chi connectivity index (χ0) is 12.2. The van der Waals surface area contributed by atoms with Crippen LogP contribution in [0.25, 0.3) is 0 Å². The van der Waals surface area contributed by atoms with E-state index in [2.05, 4.69) is 15.9 Å². The summed E-state index contributed by atoms with van der Waals surface area (Å²) in [6, 6.07) is 5.87. The first-order valence-electron chi connectivity index (χ1n) is 4.71. The third-order valence-corrected chi connectivity index (χ3v) is 5.14. The molecule has 0 aliphatic heterocycles. The highest BCUT2D eigenvalue weighted by Gasteiger charge is 2.05. The highest BCUT2D eigenvalue weighted by molar-refractivity contribution is 9.10. The average molecular weight is 324 g/mol. The topological polar surface area (TPSA) is 60.2 Å². The molecule has 0 aliphatic carbocycles. The van der Waals surface area contributed by atoms with Gasteiger partial charge in [-0.1, -0.05) is 6.07 Å². The molecule has 0 saturated heterocycles. The molecule has 0 aromatic heterocycles. The molecule has 2 N–H and O–H groups in total. The van der Waals surface area contributed by atoms with Crippen molar-refractivity contribution >= 4 is 37.5 Å². The van der Waals surface area contributed by atoms with Crippen LogP contribution in [0, 0.1) is 0 Å².